The number of aliphatic imine (C=N–C) groups is 1. The van der Waals surface area contributed by atoms with Crippen molar-refractivity contribution in [2.45, 2.75) is 19.4 Å². The van der Waals surface area contributed by atoms with E-state index in [4.69, 9.17) is 14.5 Å². The highest BCUT2D eigenvalue weighted by Gasteiger charge is 2.30. The van der Waals surface area contributed by atoms with Crippen LogP contribution < -0.4 is 10.6 Å². The number of nitrogens with one attached hydrogen (secondary N) is 2. The predicted octanol–water partition coefficient (Wildman–Crippen LogP) is 2.77. The van der Waals surface area contributed by atoms with Gasteiger partial charge in [0, 0.05) is 39.4 Å². The zero-order valence-electron chi connectivity index (χ0n) is 16.6. The van der Waals surface area contributed by atoms with Gasteiger partial charge in [-0.2, -0.15) is 0 Å². The van der Waals surface area contributed by atoms with E-state index in [1.165, 1.54) is 11.3 Å². The summed E-state index contributed by atoms with van der Waals surface area (Å²) in [4.78, 5) is 24.1. The van der Waals surface area contributed by atoms with Crippen LogP contribution in [0.3, 0.4) is 0 Å². The summed E-state index contributed by atoms with van der Waals surface area (Å²) in [6.45, 7) is 5.29. The van der Waals surface area contributed by atoms with E-state index < -0.39 is 5.97 Å². The lowest BCUT2D eigenvalue weighted by molar-refractivity contribution is 0.0526. The van der Waals surface area contributed by atoms with Crippen molar-refractivity contribution in [3.05, 3.63) is 35.0 Å². The Morgan fingerprint density at radius 1 is 1.38 bits per heavy atom. The molecule has 2 aliphatic heterocycles. The summed E-state index contributed by atoms with van der Waals surface area (Å²) in [6.07, 6.45) is 0.924. The van der Waals surface area contributed by atoms with E-state index in [0.29, 0.717) is 30.0 Å². The van der Waals surface area contributed by atoms with Crippen molar-refractivity contribution in [2.75, 3.05) is 45.3 Å². The number of piperazine rings is 1. The van der Waals surface area contributed by atoms with E-state index in [9.17, 15) is 4.79 Å². The van der Waals surface area contributed by atoms with Gasteiger partial charge in [0.15, 0.2) is 5.84 Å². The van der Waals surface area contributed by atoms with Crippen LogP contribution >= 0.6 is 11.3 Å². The topological polar surface area (TPSA) is 88.1 Å². The molecule has 0 bridgehead atoms. The molecule has 1 aromatic heterocycles. The third-order valence-electron chi connectivity index (χ3n) is 4.89. The second kappa shape index (κ2) is 8.89. The average Bonchev–Trinajstić information content (AvgIpc) is 3.09. The molecule has 1 fully saturated rings. The lowest BCUT2D eigenvalue weighted by atomic mass is 10.1. The Hall–Kier alpha value is -2.49. The minimum atomic E-state index is -0.404. The van der Waals surface area contributed by atoms with Crippen LogP contribution in [-0.4, -0.2) is 67.7 Å². The van der Waals surface area contributed by atoms with Crippen molar-refractivity contribution in [3.63, 3.8) is 0 Å². The fraction of sp³-hybridized carbons (Fsp3) is 0.450. The van der Waals surface area contributed by atoms with Gasteiger partial charge in [-0.3, -0.25) is 0 Å². The number of para-hydroxylation sites is 2. The lowest BCUT2D eigenvalue weighted by Crippen LogP contribution is -2.53. The zero-order chi connectivity index (χ0) is 20.2. The van der Waals surface area contributed by atoms with Gasteiger partial charge >= 0.3 is 5.97 Å². The van der Waals surface area contributed by atoms with Gasteiger partial charge in [0.1, 0.15) is 10.7 Å². The number of fused-ring (bicyclic) bond motifs is 2. The smallest absolute Gasteiger partial charge is 0.367 e. The van der Waals surface area contributed by atoms with Gasteiger partial charge in [0.05, 0.1) is 18.0 Å². The standard InChI is InChI=1S/C20H25N5O3S/c1-3-28-20(26)19-24-16-17(25-10-9-21-13(12-25)8-11-27-2)22-14-6-4-5-7-15(14)23-18(16)29-19/h4-7,13,21,23H,3,8-12H2,1-2H3. The molecular weight excluding hydrogens is 390 g/mol. The van der Waals surface area contributed by atoms with Gasteiger partial charge in [-0.05, 0) is 25.5 Å². The number of carbonyl (C=O) groups excluding carboxylic acids is 1. The minimum Gasteiger partial charge on any atom is -0.461 e. The normalized spacial score (nSPS) is 18.2. The molecule has 0 saturated carbocycles. The molecule has 1 saturated heterocycles. The second-order valence-electron chi connectivity index (χ2n) is 6.87. The van der Waals surface area contributed by atoms with Crippen LogP contribution in [0.5, 0.6) is 0 Å². The van der Waals surface area contributed by atoms with Gasteiger partial charge in [0.25, 0.3) is 0 Å². The minimum absolute atomic E-state index is 0.310. The number of hydrogen-bond donors (Lipinski definition) is 2. The summed E-state index contributed by atoms with van der Waals surface area (Å²) in [5.41, 5.74) is 2.45. The molecule has 0 spiro atoms. The van der Waals surface area contributed by atoms with Crippen molar-refractivity contribution >= 4 is 39.5 Å². The maximum absolute atomic E-state index is 12.3. The molecule has 2 N–H and O–H groups in total. The van der Waals surface area contributed by atoms with Crippen LogP contribution in [0.15, 0.2) is 29.3 Å². The molecule has 9 heteroatoms. The lowest BCUT2D eigenvalue weighted by Gasteiger charge is -2.35. The van der Waals surface area contributed by atoms with E-state index in [0.717, 1.165) is 48.3 Å². The first-order valence-corrected chi connectivity index (χ1v) is 10.6. The number of thiazole rings is 1. The van der Waals surface area contributed by atoms with E-state index >= 15 is 0 Å². The molecule has 154 valence electrons. The summed E-state index contributed by atoms with van der Waals surface area (Å²) >= 11 is 1.30. The predicted molar refractivity (Wildman–Crippen MR) is 114 cm³/mol. The van der Waals surface area contributed by atoms with Crippen LogP contribution in [0.4, 0.5) is 16.4 Å². The quantitative estimate of drug-likeness (QED) is 0.726. The number of aromatic nitrogens is 1. The summed E-state index contributed by atoms with van der Waals surface area (Å²) < 4.78 is 10.4. The molecule has 1 unspecified atom stereocenters. The Morgan fingerprint density at radius 2 is 2.24 bits per heavy atom. The molecule has 29 heavy (non-hydrogen) atoms. The molecule has 0 amide bonds. The third kappa shape index (κ3) is 4.26. The number of ether oxygens (including phenoxy) is 2. The molecule has 0 aliphatic carbocycles. The molecule has 3 heterocycles. The number of amidine groups is 1. The number of carbonyl (C=O) groups is 1. The molecule has 0 radical (unpaired) electrons. The van der Waals surface area contributed by atoms with E-state index in [1.54, 1.807) is 14.0 Å². The second-order valence-corrected chi connectivity index (χ2v) is 7.87. The fourth-order valence-electron chi connectivity index (χ4n) is 3.49. The Labute approximate surface area is 173 Å². The molecule has 4 rings (SSSR count). The van der Waals surface area contributed by atoms with Crippen LogP contribution in [0.1, 0.15) is 28.8 Å². The molecule has 2 aromatic rings. The van der Waals surface area contributed by atoms with Gasteiger partial charge in [-0.15, -0.1) is 0 Å². The summed E-state index contributed by atoms with van der Waals surface area (Å²) in [6, 6.07) is 8.21. The molecular formula is C20H25N5O3S. The van der Waals surface area contributed by atoms with Crippen LogP contribution in [0.2, 0.25) is 0 Å². The van der Waals surface area contributed by atoms with E-state index in [1.807, 2.05) is 24.3 Å². The van der Waals surface area contributed by atoms with Crippen LogP contribution in [-0.2, 0) is 9.47 Å². The van der Waals surface area contributed by atoms with Crippen molar-refractivity contribution in [3.8, 4) is 0 Å². The number of methoxy groups -OCH3 is 1. The first kappa shape index (κ1) is 19.8. The molecule has 1 aromatic carbocycles. The van der Waals surface area contributed by atoms with Crippen molar-refractivity contribution < 1.29 is 14.3 Å². The highest BCUT2D eigenvalue weighted by atomic mass is 32.1. The van der Waals surface area contributed by atoms with Crippen LogP contribution in [0, 0.1) is 0 Å². The van der Waals surface area contributed by atoms with E-state index in [-0.39, 0.29) is 0 Å². The highest BCUT2D eigenvalue weighted by molar-refractivity contribution is 7.18. The molecule has 8 nitrogen and oxygen atoms in total. The van der Waals surface area contributed by atoms with Crippen LogP contribution in [0.25, 0.3) is 0 Å². The number of benzene rings is 1. The first-order chi connectivity index (χ1) is 14.2. The van der Waals surface area contributed by atoms with Gasteiger partial charge in [-0.25, -0.2) is 14.8 Å². The van der Waals surface area contributed by atoms with Gasteiger partial charge in [-0.1, -0.05) is 23.5 Å². The van der Waals surface area contributed by atoms with Crippen molar-refractivity contribution in [1.82, 2.24) is 15.2 Å². The maximum atomic E-state index is 12.3. The summed E-state index contributed by atoms with van der Waals surface area (Å²) in [7, 11) is 1.72. The Bertz CT molecular complexity index is 913. The summed E-state index contributed by atoms with van der Waals surface area (Å²) in [5.74, 6) is 0.381. The van der Waals surface area contributed by atoms with Gasteiger partial charge in [0.2, 0.25) is 5.01 Å². The molecule has 1 atom stereocenters. The van der Waals surface area contributed by atoms with Crippen molar-refractivity contribution in [2.24, 2.45) is 4.99 Å². The maximum Gasteiger partial charge on any atom is 0.367 e. The number of nitrogens with zero attached hydrogens (tertiary/aromatic N) is 3. The number of anilines is 2. The number of rotatable bonds is 5. The molecule has 2 aliphatic rings. The number of hydrogen-bond acceptors (Lipinski definition) is 9. The van der Waals surface area contributed by atoms with E-state index in [2.05, 4.69) is 20.5 Å². The first-order valence-electron chi connectivity index (χ1n) is 9.80. The number of esters is 1. The summed E-state index contributed by atoms with van der Waals surface area (Å²) in [5, 5.41) is 8.09. The van der Waals surface area contributed by atoms with Crippen molar-refractivity contribution in [1.29, 1.82) is 0 Å². The average molecular weight is 416 g/mol. The fourth-order valence-corrected chi connectivity index (χ4v) is 4.36. The highest BCUT2D eigenvalue weighted by Crippen LogP contribution is 2.38. The Kier molecular flexibility index (Phi) is 6.08. The zero-order valence-corrected chi connectivity index (χ0v) is 17.4. The van der Waals surface area contributed by atoms with Gasteiger partial charge < -0.3 is 25.0 Å². The Balaban J connectivity index is 1.71. The Morgan fingerprint density at radius 3 is 3.07 bits per heavy atom. The monoisotopic (exact) mass is 415 g/mol. The largest absolute Gasteiger partial charge is 0.461 e. The SMILES string of the molecule is CCOC(=O)c1nc2c(s1)Nc1ccccc1N=C2N1CCNC(CCOC)C1. The third-order valence-corrected chi connectivity index (χ3v) is 5.84.